The van der Waals surface area contributed by atoms with Crippen molar-refractivity contribution in [1.29, 1.82) is 0 Å². The van der Waals surface area contributed by atoms with Crippen LogP contribution >= 0.6 is 11.6 Å². The molecule has 0 unspecified atom stereocenters. The van der Waals surface area contributed by atoms with Gasteiger partial charge in [-0.15, -0.1) is 0 Å². The van der Waals surface area contributed by atoms with Crippen molar-refractivity contribution in [1.82, 2.24) is 9.80 Å². The number of ether oxygens (including phenoxy) is 1. The summed E-state index contributed by atoms with van der Waals surface area (Å²) in [7, 11) is 0. The summed E-state index contributed by atoms with van der Waals surface area (Å²) in [6.07, 6.45) is 5.21. The molecule has 6 heteroatoms. The van der Waals surface area contributed by atoms with Gasteiger partial charge < -0.3 is 14.5 Å². The first kappa shape index (κ1) is 17.7. The van der Waals surface area contributed by atoms with Gasteiger partial charge in [0.05, 0.1) is 5.41 Å². The first-order valence-corrected chi connectivity index (χ1v) is 9.89. The highest BCUT2D eigenvalue weighted by Crippen LogP contribution is 2.41. The Hall–Kier alpha value is -1.75. The molecule has 0 radical (unpaired) electrons. The van der Waals surface area contributed by atoms with Crippen molar-refractivity contribution >= 4 is 23.4 Å². The quantitative estimate of drug-likeness (QED) is 0.793. The van der Waals surface area contributed by atoms with E-state index in [-0.39, 0.29) is 23.8 Å². The second-order valence-electron chi connectivity index (χ2n) is 7.89. The predicted octanol–water partition coefficient (Wildman–Crippen LogP) is 2.97. The molecular weight excluding hydrogens is 352 g/mol. The number of hydrogen-bond donors (Lipinski definition) is 0. The molecule has 1 spiro atoms. The van der Waals surface area contributed by atoms with Gasteiger partial charge in [-0.3, -0.25) is 9.59 Å². The van der Waals surface area contributed by atoms with E-state index in [1.807, 2.05) is 0 Å². The first-order valence-electron chi connectivity index (χ1n) is 9.51. The molecule has 2 saturated heterocycles. The Labute approximate surface area is 159 Å². The van der Waals surface area contributed by atoms with Crippen LogP contribution in [0.15, 0.2) is 24.3 Å². The lowest BCUT2D eigenvalue weighted by molar-refractivity contribution is -0.146. The Morgan fingerprint density at radius 3 is 2.88 bits per heavy atom. The van der Waals surface area contributed by atoms with Crippen LogP contribution in [0, 0.1) is 11.3 Å². The standard InChI is InChI=1S/C20H25ClN2O3/c21-16-3-1-4-17(11-16)26-13-18(24)23-10-8-20(14-23)7-2-9-22(19(20)25)12-15-5-6-15/h1,3-4,11,15H,2,5-10,12-14H2/t20-/m0/s1. The van der Waals surface area contributed by atoms with Gasteiger partial charge in [-0.1, -0.05) is 17.7 Å². The van der Waals surface area contributed by atoms with Crippen LogP contribution in [0.1, 0.15) is 32.1 Å². The molecule has 1 aromatic rings. The molecule has 1 aliphatic carbocycles. The number of halogens is 1. The van der Waals surface area contributed by atoms with E-state index in [2.05, 4.69) is 4.90 Å². The molecule has 0 bridgehead atoms. The Morgan fingerprint density at radius 1 is 1.27 bits per heavy atom. The van der Waals surface area contributed by atoms with Gasteiger partial charge in [0.15, 0.2) is 6.61 Å². The lowest BCUT2D eigenvalue weighted by atomic mass is 9.78. The number of hydrogen-bond acceptors (Lipinski definition) is 3. The number of rotatable bonds is 5. The summed E-state index contributed by atoms with van der Waals surface area (Å²) >= 11 is 5.94. The van der Waals surface area contributed by atoms with E-state index in [1.54, 1.807) is 29.2 Å². The third kappa shape index (κ3) is 3.68. The van der Waals surface area contributed by atoms with Gasteiger partial charge in [-0.05, 0) is 56.2 Å². The fourth-order valence-electron chi connectivity index (χ4n) is 4.20. The molecule has 4 rings (SSSR count). The molecule has 1 aromatic carbocycles. The summed E-state index contributed by atoms with van der Waals surface area (Å²) in [5, 5.41) is 0.582. The van der Waals surface area contributed by atoms with Gasteiger partial charge >= 0.3 is 0 Å². The van der Waals surface area contributed by atoms with Gasteiger partial charge in [-0.2, -0.15) is 0 Å². The Kier molecular flexibility index (Phi) is 4.82. The first-order chi connectivity index (χ1) is 12.6. The van der Waals surface area contributed by atoms with E-state index in [9.17, 15) is 9.59 Å². The third-order valence-corrected chi connectivity index (χ3v) is 6.10. The lowest BCUT2D eigenvalue weighted by Crippen LogP contribution is -2.51. The van der Waals surface area contributed by atoms with Crippen molar-refractivity contribution in [2.75, 3.05) is 32.8 Å². The average molecular weight is 377 g/mol. The molecule has 140 valence electrons. The van der Waals surface area contributed by atoms with Crippen LogP contribution in [0.5, 0.6) is 5.75 Å². The van der Waals surface area contributed by atoms with Crippen molar-refractivity contribution in [2.24, 2.45) is 11.3 Å². The topological polar surface area (TPSA) is 49.9 Å². The smallest absolute Gasteiger partial charge is 0.260 e. The van der Waals surface area contributed by atoms with Crippen LogP contribution in [0.3, 0.4) is 0 Å². The van der Waals surface area contributed by atoms with Crippen molar-refractivity contribution < 1.29 is 14.3 Å². The highest BCUT2D eigenvalue weighted by atomic mass is 35.5. The van der Waals surface area contributed by atoms with Gasteiger partial charge in [-0.25, -0.2) is 0 Å². The van der Waals surface area contributed by atoms with E-state index >= 15 is 0 Å². The number of carbonyl (C=O) groups is 2. The monoisotopic (exact) mass is 376 g/mol. The third-order valence-electron chi connectivity index (χ3n) is 5.86. The molecule has 3 aliphatic rings. The van der Waals surface area contributed by atoms with Crippen molar-refractivity contribution in [3.05, 3.63) is 29.3 Å². The van der Waals surface area contributed by atoms with Crippen LogP contribution in [0.2, 0.25) is 5.02 Å². The maximum absolute atomic E-state index is 13.0. The maximum Gasteiger partial charge on any atom is 0.260 e. The zero-order valence-electron chi connectivity index (χ0n) is 15.0. The van der Waals surface area contributed by atoms with Gasteiger partial charge in [0, 0.05) is 31.2 Å². The highest BCUT2D eigenvalue weighted by Gasteiger charge is 2.49. The van der Waals surface area contributed by atoms with Crippen LogP contribution in [0.4, 0.5) is 0 Å². The fourth-order valence-corrected chi connectivity index (χ4v) is 4.38. The van der Waals surface area contributed by atoms with E-state index in [1.165, 1.54) is 12.8 Å². The number of benzene rings is 1. The lowest BCUT2D eigenvalue weighted by Gasteiger charge is -2.39. The van der Waals surface area contributed by atoms with Crippen LogP contribution in [-0.2, 0) is 9.59 Å². The van der Waals surface area contributed by atoms with Crippen LogP contribution < -0.4 is 4.74 Å². The second kappa shape index (κ2) is 7.10. The van der Waals surface area contributed by atoms with Crippen LogP contribution in [-0.4, -0.2) is 54.4 Å². The molecule has 2 aliphatic heterocycles. The summed E-state index contributed by atoms with van der Waals surface area (Å²) in [6, 6.07) is 7.04. The molecule has 1 saturated carbocycles. The number of carbonyl (C=O) groups excluding carboxylic acids is 2. The maximum atomic E-state index is 13.0. The molecule has 0 aromatic heterocycles. The normalized spacial score (nSPS) is 25.8. The van der Waals surface area contributed by atoms with E-state index in [0.717, 1.165) is 32.4 Å². The molecule has 1 atom stereocenters. The zero-order valence-corrected chi connectivity index (χ0v) is 15.7. The molecule has 2 heterocycles. The summed E-state index contributed by atoms with van der Waals surface area (Å²) in [5.74, 6) is 1.50. The minimum absolute atomic E-state index is 0.0175. The predicted molar refractivity (Wildman–Crippen MR) is 99.1 cm³/mol. The minimum atomic E-state index is -0.362. The van der Waals surface area contributed by atoms with E-state index in [0.29, 0.717) is 29.8 Å². The van der Waals surface area contributed by atoms with Crippen molar-refractivity contribution in [2.45, 2.75) is 32.1 Å². The average Bonchev–Trinajstić information content (AvgIpc) is 3.35. The number of piperidine rings is 1. The van der Waals surface area contributed by atoms with E-state index in [4.69, 9.17) is 16.3 Å². The molecule has 26 heavy (non-hydrogen) atoms. The van der Waals surface area contributed by atoms with Crippen LogP contribution in [0.25, 0.3) is 0 Å². The zero-order chi connectivity index (χ0) is 18.1. The van der Waals surface area contributed by atoms with Crippen molar-refractivity contribution in [3.63, 3.8) is 0 Å². The minimum Gasteiger partial charge on any atom is -0.484 e. The Bertz CT molecular complexity index is 706. The Balaban J connectivity index is 1.34. The summed E-state index contributed by atoms with van der Waals surface area (Å²) in [4.78, 5) is 29.4. The largest absolute Gasteiger partial charge is 0.484 e. The summed E-state index contributed by atoms with van der Waals surface area (Å²) in [6.45, 7) is 2.94. The number of likely N-dealkylation sites (tertiary alicyclic amines) is 2. The molecule has 0 N–H and O–H groups in total. The fraction of sp³-hybridized carbons (Fsp3) is 0.600. The van der Waals surface area contributed by atoms with Gasteiger partial charge in [0.1, 0.15) is 5.75 Å². The Morgan fingerprint density at radius 2 is 2.12 bits per heavy atom. The van der Waals surface area contributed by atoms with Gasteiger partial charge in [0.2, 0.25) is 5.91 Å². The number of amides is 2. The molecule has 5 nitrogen and oxygen atoms in total. The summed E-state index contributed by atoms with van der Waals surface area (Å²) in [5.41, 5.74) is -0.362. The van der Waals surface area contributed by atoms with Crippen molar-refractivity contribution in [3.8, 4) is 5.75 Å². The summed E-state index contributed by atoms with van der Waals surface area (Å²) < 4.78 is 5.57. The SMILES string of the molecule is O=C(COc1cccc(Cl)c1)N1CC[C@@]2(CCCN(CC3CC3)C2=O)C1. The molecular formula is C20H25ClN2O3. The van der Waals surface area contributed by atoms with Gasteiger partial charge in [0.25, 0.3) is 5.91 Å². The van der Waals surface area contributed by atoms with E-state index < -0.39 is 0 Å². The molecule has 3 fully saturated rings. The molecule has 2 amide bonds. The number of nitrogens with zero attached hydrogens (tertiary/aromatic N) is 2. The highest BCUT2D eigenvalue weighted by molar-refractivity contribution is 6.30. The second-order valence-corrected chi connectivity index (χ2v) is 8.33.